The maximum Gasteiger partial charge on any atom is 0.267 e. The van der Waals surface area contributed by atoms with Gasteiger partial charge in [0, 0.05) is 29.4 Å². The minimum atomic E-state index is -0.504. The molecular formula is C21H30N4O3. The first-order valence-corrected chi connectivity index (χ1v) is 9.24. The maximum absolute atomic E-state index is 12.8. The summed E-state index contributed by atoms with van der Waals surface area (Å²) in [7, 11) is 3.06. The van der Waals surface area contributed by atoms with Gasteiger partial charge in [0.1, 0.15) is 23.1 Å². The van der Waals surface area contributed by atoms with Gasteiger partial charge in [-0.3, -0.25) is 4.79 Å². The Labute approximate surface area is 167 Å². The maximum atomic E-state index is 12.8. The Balaban J connectivity index is 2.35. The third kappa shape index (κ3) is 4.57. The summed E-state index contributed by atoms with van der Waals surface area (Å²) in [6, 6.07) is 7.19. The summed E-state index contributed by atoms with van der Waals surface area (Å²) in [4.78, 5) is 14.9. The van der Waals surface area contributed by atoms with Crippen molar-refractivity contribution in [3.63, 3.8) is 0 Å². The third-order valence-corrected chi connectivity index (χ3v) is 5.11. The van der Waals surface area contributed by atoms with Crippen molar-refractivity contribution in [1.82, 2.24) is 4.90 Å². The molecule has 2 rings (SSSR count). The first kappa shape index (κ1) is 21.6. The Morgan fingerprint density at radius 2 is 1.86 bits per heavy atom. The molecule has 0 aromatic heterocycles. The molecule has 152 valence electrons. The number of piperidine rings is 1. The normalized spacial score (nSPS) is 18.9. The summed E-state index contributed by atoms with van der Waals surface area (Å²) >= 11 is 0. The molecule has 0 atom stereocenters. The van der Waals surface area contributed by atoms with Crippen LogP contribution in [0.1, 0.15) is 40.5 Å². The van der Waals surface area contributed by atoms with E-state index in [9.17, 15) is 10.1 Å². The van der Waals surface area contributed by atoms with Gasteiger partial charge in [-0.15, -0.1) is 0 Å². The van der Waals surface area contributed by atoms with Crippen molar-refractivity contribution in [3.8, 4) is 17.6 Å². The van der Waals surface area contributed by atoms with Crippen LogP contribution in [0.3, 0.4) is 0 Å². The molecule has 1 aliphatic rings. The second-order valence-electron chi connectivity index (χ2n) is 8.34. The van der Waals surface area contributed by atoms with E-state index in [1.54, 1.807) is 31.5 Å². The average Bonchev–Trinajstić information content (AvgIpc) is 2.59. The Hall–Kier alpha value is -2.72. The molecule has 1 heterocycles. The summed E-state index contributed by atoms with van der Waals surface area (Å²) in [6.07, 6.45) is 3.20. The lowest BCUT2D eigenvalue weighted by Crippen LogP contribution is -2.61. The highest BCUT2D eigenvalue weighted by Gasteiger charge is 2.43. The molecule has 1 amide bonds. The van der Waals surface area contributed by atoms with Crippen LogP contribution in [-0.4, -0.2) is 42.1 Å². The second kappa shape index (κ2) is 8.11. The van der Waals surface area contributed by atoms with Gasteiger partial charge < -0.3 is 25.4 Å². The number of carbonyl (C=O) groups excluding carboxylic acids is 1. The number of carbonyl (C=O) groups is 1. The second-order valence-corrected chi connectivity index (χ2v) is 8.34. The highest BCUT2D eigenvalue weighted by molar-refractivity contribution is 6.07. The molecule has 7 heteroatoms. The van der Waals surface area contributed by atoms with Crippen LogP contribution in [0.5, 0.6) is 11.5 Å². The number of hydrogen-bond donors (Lipinski definition) is 2. The number of nitrogens with zero attached hydrogens (tertiary/aromatic N) is 2. The van der Waals surface area contributed by atoms with Gasteiger partial charge in [-0.1, -0.05) is 0 Å². The van der Waals surface area contributed by atoms with E-state index in [-0.39, 0.29) is 22.7 Å². The zero-order valence-corrected chi connectivity index (χ0v) is 17.5. The SMILES string of the molecule is COc1ccc(OC)c(NC(=O)/C(C#N)=C\N2C(C)(C)CC(N)CC2(C)C)c1. The third-order valence-electron chi connectivity index (χ3n) is 5.11. The van der Waals surface area contributed by atoms with Crippen molar-refractivity contribution in [2.24, 2.45) is 5.73 Å². The number of nitrogens with two attached hydrogens (primary N) is 1. The average molecular weight is 386 g/mol. The van der Waals surface area contributed by atoms with Crippen LogP contribution in [0.15, 0.2) is 30.0 Å². The highest BCUT2D eigenvalue weighted by atomic mass is 16.5. The Morgan fingerprint density at radius 3 is 2.36 bits per heavy atom. The molecular weight excluding hydrogens is 356 g/mol. The van der Waals surface area contributed by atoms with Gasteiger partial charge in [-0.25, -0.2) is 0 Å². The van der Waals surface area contributed by atoms with Gasteiger partial charge in [0.2, 0.25) is 0 Å². The zero-order chi connectivity index (χ0) is 21.1. The molecule has 28 heavy (non-hydrogen) atoms. The first-order valence-electron chi connectivity index (χ1n) is 9.24. The number of benzene rings is 1. The van der Waals surface area contributed by atoms with Crippen LogP contribution >= 0.6 is 0 Å². The van der Waals surface area contributed by atoms with Crippen LogP contribution in [0.4, 0.5) is 5.69 Å². The number of rotatable bonds is 5. The van der Waals surface area contributed by atoms with E-state index < -0.39 is 5.91 Å². The van der Waals surface area contributed by atoms with Crippen molar-refractivity contribution in [1.29, 1.82) is 5.26 Å². The molecule has 0 saturated carbocycles. The monoisotopic (exact) mass is 386 g/mol. The number of anilines is 1. The Bertz CT molecular complexity index is 790. The van der Waals surface area contributed by atoms with E-state index in [4.69, 9.17) is 15.2 Å². The lowest BCUT2D eigenvalue weighted by molar-refractivity contribution is -0.112. The van der Waals surface area contributed by atoms with Crippen molar-refractivity contribution in [3.05, 3.63) is 30.0 Å². The molecule has 3 N–H and O–H groups in total. The summed E-state index contributed by atoms with van der Waals surface area (Å²) < 4.78 is 10.5. The molecule has 0 unspecified atom stereocenters. The van der Waals surface area contributed by atoms with E-state index >= 15 is 0 Å². The van der Waals surface area contributed by atoms with Crippen molar-refractivity contribution >= 4 is 11.6 Å². The van der Waals surface area contributed by atoms with E-state index in [2.05, 4.69) is 37.9 Å². The Kier molecular flexibility index (Phi) is 6.25. The molecule has 1 aromatic rings. The number of likely N-dealkylation sites (tertiary alicyclic amines) is 1. The molecule has 1 fully saturated rings. The molecule has 1 aromatic carbocycles. The van der Waals surface area contributed by atoms with Crippen molar-refractivity contribution < 1.29 is 14.3 Å². The standard InChI is InChI=1S/C21H30N4O3/c1-20(2)10-15(23)11-21(3,4)25(20)13-14(12-22)19(26)24-17-9-16(27-5)7-8-18(17)28-6/h7-9,13,15H,10-11,23H2,1-6H3,(H,24,26)/b14-13-. The summed E-state index contributed by atoms with van der Waals surface area (Å²) in [5.74, 6) is 0.553. The summed E-state index contributed by atoms with van der Waals surface area (Å²) in [5.41, 5.74) is 6.11. The predicted octanol–water partition coefficient (Wildman–Crippen LogP) is 3.03. The van der Waals surface area contributed by atoms with Crippen LogP contribution in [-0.2, 0) is 4.79 Å². The van der Waals surface area contributed by atoms with Gasteiger partial charge in [-0.05, 0) is 52.7 Å². The molecule has 1 saturated heterocycles. The highest BCUT2D eigenvalue weighted by Crippen LogP contribution is 2.38. The number of amides is 1. The molecule has 7 nitrogen and oxygen atoms in total. The van der Waals surface area contributed by atoms with Gasteiger partial charge in [0.15, 0.2) is 0 Å². The number of hydrogen-bond acceptors (Lipinski definition) is 6. The fourth-order valence-corrected chi connectivity index (χ4v) is 4.09. The largest absolute Gasteiger partial charge is 0.497 e. The molecule has 0 bridgehead atoms. The van der Waals surface area contributed by atoms with Crippen LogP contribution in [0.25, 0.3) is 0 Å². The van der Waals surface area contributed by atoms with Gasteiger partial charge in [0.05, 0.1) is 19.9 Å². The van der Waals surface area contributed by atoms with Gasteiger partial charge in [0.25, 0.3) is 5.91 Å². The molecule has 0 spiro atoms. The molecule has 0 radical (unpaired) electrons. The smallest absolute Gasteiger partial charge is 0.267 e. The van der Waals surface area contributed by atoms with Crippen LogP contribution in [0.2, 0.25) is 0 Å². The topological polar surface area (TPSA) is 101 Å². The summed E-state index contributed by atoms with van der Waals surface area (Å²) in [5, 5.41) is 12.4. The first-order chi connectivity index (χ1) is 13.0. The number of ether oxygens (including phenoxy) is 2. The summed E-state index contributed by atoms with van der Waals surface area (Å²) in [6.45, 7) is 8.29. The van der Waals surface area contributed by atoms with E-state index in [1.165, 1.54) is 7.11 Å². The Morgan fingerprint density at radius 1 is 1.25 bits per heavy atom. The van der Waals surface area contributed by atoms with Crippen molar-refractivity contribution in [2.75, 3.05) is 19.5 Å². The lowest BCUT2D eigenvalue weighted by Gasteiger charge is -2.54. The minimum absolute atomic E-state index is 0.0153. The predicted molar refractivity (Wildman–Crippen MR) is 109 cm³/mol. The van der Waals surface area contributed by atoms with Crippen molar-refractivity contribution in [2.45, 2.75) is 57.7 Å². The fourth-order valence-electron chi connectivity index (χ4n) is 4.09. The molecule has 1 aliphatic heterocycles. The van der Waals surface area contributed by atoms with E-state index in [1.807, 2.05) is 6.07 Å². The number of nitriles is 1. The number of nitrogens with one attached hydrogen (secondary N) is 1. The van der Waals surface area contributed by atoms with Crippen LogP contribution in [0, 0.1) is 11.3 Å². The van der Waals surface area contributed by atoms with E-state index in [0.717, 1.165) is 12.8 Å². The fraction of sp³-hybridized carbons (Fsp3) is 0.524. The van der Waals surface area contributed by atoms with Gasteiger partial charge in [-0.2, -0.15) is 5.26 Å². The van der Waals surface area contributed by atoms with E-state index in [0.29, 0.717) is 17.2 Å². The van der Waals surface area contributed by atoms with Crippen LogP contribution < -0.4 is 20.5 Å². The van der Waals surface area contributed by atoms with Gasteiger partial charge >= 0.3 is 0 Å². The minimum Gasteiger partial charge on any atom is -0.497 e. The molecule has 0 aliphatic carbocycles. The zero-order valence-electron chi connectivity index (χ0n) is 17.5. The lowest BCUT2D eigenvalue weighted by atomic mass is 9.77. The number of methoxy groups -OCH3 is 2. The quantitative estimate of drug-likeness (QED) is 0.596.